The number of rotatable bonds is 2. The van der Waals surface area contributed by atoms with Gasteiger partial charge in [-0.1, -0.05) is 84.4 Å². The van der Waals surface area contributed by atoms with E-state index in [1.54, 1.807) is 60.3 Å². The molecule has 0 unspecified atom stereocenters. The number of methoxy groups -OCH3 is 1. The summed E-state index contributed by atoms with van der Waals surface area (Å²) in [4.78, 5) is 13.2. The number of hydrogen-bond donors (Lipinski definition) is 0. The first-order valence-corrected chi connectivity index (χ1v) is 30.4. The van der Waals surface area contributed by atoms with Crippen LogP contribution in [0.2, 0.25) is 30.7 Å². The zero-order valence-electron chi connectivity index (χ0n) is 52.4. The number of aryl methyl sites for hydroxylation is 1. The van der Waals surface area contributed by atoms with Gasteiger partial charge in [-0.3, -0.25) is 0 Å². The molecule has 0 bridgehead atoms. The van der Waals surface area contributed by atoms with E-state index in [2.05, 4.69) is 132 Å². The first kappa shape index (κ1) is 107. The van der Waals surface area contributed by atoms with Gasteiger partial charge in [0.15, 0.2) is 0 Å². The number of benzene rings is 6. The van der Waals surface area contributed by atoms with Crippen molar-refractivity contribution in [1.29, 1.82) is 0 Å². The van der Waals surface area contributed by atoms with E-state index < -0.39 is 47.0 Å². The molecule has 0 aliphatic carbocycles. The molecule has 34 heteroatoms. The van der Waals surface area contributed by atoms with E-state index in [1.807, 2.05) is 122 Å². The second kappa shape index (κ2) is 59.8. The van der Waals surface area contributed by atoms with E-state index in [0.717, 1.165) is 88.2 Å². The first-order valence-electron chi connectivity index (χ1n) is 25.0. The Balaban J connectivity index is -0.000000508. The molecule has 0 spiro atoms. The zero-order chi connectivity index (χ0) is 70.3. The van der Waals surface area contributed by atoms with Crippen molar-refractivity contribution in [2.45, 2.75) is 31.6 Å². The summed E-state index contributed by atoms with van der Waals surface area (Å²) < 4.78 is 153. The first-order chi connectivity index (χ1) is 44.2. The zero-order valence-corrected chi connectivity index (χ0v) is 78.9. The minimum Gasteiger partial charge on any atom is -0.522 e. The number of nitrogens with zero attached hydrogens (tertiary/aromatic N) is 6. The predicted molar refractivity (Wildman–Crippen MR) is 353 cm³/mol. The molecule has 498 valence electrons. The molecule has 0 aliphatic rings. The summed E-state index contributed by atoms with van der Waals surface area (Å²) in [5.41, 5.74) is -1.06. The average Bonchev–Trinajstić information content (AvgIpc) is 1.81. The van der Waals surface area contributed by atoms with Gasteiger partial charge < -0.3 is 24.7 Å². The molecule has 0 radical (unpaired) electrons. The predicted octanol–water partition coefficient (Wildman–Crippen LogP) is 9.02. The van der Waals surface area contributed by atoms with E-state index in [9.17, 15) is 52.7 Å². The second-order valence-electron chi connectivity index (χ2n) is 16.5. The van der Waals surface area contributed by atoms with Crippen molar-refractivity contribution < 1.29 is 314 Å². The van der Waals surface area contributed by atoms with Crippen molar-refractivity contribution >= 4 is 133 Å². The van der Waals surface area contributed by atoms with Crippen LogP contribution < -0.4 is 262 Å². The molecule has 11 rings (SSSR count). The fraction of sp³-hybridized carbons (Fsp3) is 0.0923. The quantitative estimate of drug-likeness (QED) is 0.0745. The van der Waals surface area contributed by atoms with Crippen LogP contribution in [-0.2, 0) is 24.7 Å². The van der Waals surface area contributed by atoms with Crippen LogP contribution in [0.5, 0.6) is 5.75 Å². The molecule has 0 amide bonds. The van der Waals surface area contributed by atoms with Gasteiger partial charge in [0.2, 0.25) is 0 Å². The van der Waals surface area contributed by atoms with Crippen LogP contribution in [0.25, 0.3) is 5.69 Å². The summed E-state index contributed by atoms with van der Waals surface area (Å²) in [6.07, 6.45) is -9.35. The Morgan fingerprint density at radius 2 is 0.636 bits per heavy atom. The van der Waals surface area contributed by atoms with Crippen molar-refractivity contribution in [3.05, 3.63) is 332 Å². The molecular weight excluding hydrogens is 1840 g/mol. The SMILES string of the molecule is Brc1cc[c-]cc1.Brc1nn(-c2cc[c-]cc2)c(Br)c1Br.COc1cc[c-]cc1.Cc1cc[c-]cc1.Clc1cc[c-]cc1.Clc1cc[c-]cc1.FC(F)(F)c1c[c-]nc(Cl)c1.FC(F)(F)c1c[c-]nc(Cl)c1.FC(F)(F)c1c[c-]nc(Cl)c1.FC(F)(F)c1c[c-]nc(Cl)c1.[K+].[K+].[K+].[K+].[K+]. The third kappa shape index (κ3) is 51.9. The largest absolute Gasteiger partial charge is 1.00 e. The molecule has 5 heterocycles. The van der Waals surface area contributed by atoms with Crippen LogP contribution in [0.1, 0.15) is 27.8 Å². The molecule has 99 heavy (non-hydrogen) atoms. The summed E-state index contributed by atoms with van der Waals surface area (Å²) in [5.74, 6) is 0.878. The molecular formula is C65H38Br4Cl6F12K5N6O-5. The number of alkyl halides is 12. The van der Waals surface area contributed by atoms with Gasteiger partial charge in [0.1, 0.15) is 9.21 Å². The molecule has 0 fully saturated rings. The van der Waals surface area contributed by atoms with Gasteiger partial charge in [-0.05, 0) is 53.5 Å². The van der Waals surface area contributed by atoms with Crippen molar-refractivity contribution in [3.8, 4) is 11.4 Å². The summed E-state index contributed by atoms with van der Waals surface area (Å²) in [5, 5.41) is 5.00. The minimum atomic E-state index is -4.37. The fourth-order valence-corrected chi connectivity index (χ4v) is 7.75. The Morgan fingerprint density at radius 1 is 0.384 bits per heavy atom. The van der Waals surface area contributed by atoms with Gasteiger partial charge in [-0.25, -0.2) is 4.68 Å². The van der Waals surface area contributed by atoms with Crippen LogP contribution in [0.3, 0.4) is 0 Å². The fourth-order valence-electron chi connectivity index (χ4n) is 5.24. The number of halogens is 22. The summed E-state index contributed by atoms with van der Waals surface area (Å²) in [7, 11) is 1.65. The van der Waals surface area contributed by atoms with Gasteiger partial charge >= 0.3 is 282 Å². The number of hydrogen-bond acceptors (Lipinski definition) is 6. The smallest absolute Gasteiger partial charge is 0.522 e. The molecule has 11 aromatic rings. The minimum absolute atomic E-state index is 0. The molecule has 6 aromatic carbocycles. The number of pyridine rings is 4. The Hall–Kier alpha value is 1.93. The van der Waals surface area contributed by atoms with Crippen LogP contribution >= 0.6 is 133 Å². The summed E-state index contributed by atoms with van der Waals surface area (Å²) in [6.45, 7) is 2.06. The van der Waals surface area contributed by atoms with E-state index in [4.69, 9.17) is 74.3 Å². The maximum Gasteiger partial charge on any atom is 1.00 e. The summed E-state index contributed by atoms with van der Waals surface area (Å²) in [6, 6.07) is 68.1. The molecule has 0 aliphatic heterocycles. The van der Waals surface area contributed by atoms with Gasteiger partial charge in [-0.2, -0.15) is 221 Å². The maximum atomic E-state index is 11.9. The van der Waals surface area contributed by atoms with Crippen LogP contribution in [-0.4, -0.2) is 36.8 Å². The maximum absolute atomic E-state index is 11.9. The van der Waals surface area contributed by atoms with Crippen molar-refractivity contribution in [2.75, 3.05) is 7.11 Å². The molecule has 0 N–H and O–H groups in total. The van der Waals surface area contributed by atoms with Crippen molar-refractivity contribution in [3.63, 3.8) is 0 Å². The topological polar surface area (TPSA) is 78.6 Å². The van der Waals surface area contributed by atoms with Gasteiger partial charge in [0, 0.05) is 26.4 Å². The standard InChI is InChI=1S/C9H4Br3N2.C7H7O.C7H7.C6H4Br.4C6H2ClF3N.2C6H4Cl.5K/c10-7-8(11)13-14(9(7)12)6-4-2-1-3-5-6;1-8-7-5-3-2-4-6-7;1-7-5-3-2-4-6-7;7-6-4-2-1-3-5-6;4*7-5-3-4(1-2-11-5)6(8,9)10;2*7-6-4-2-1-3-5-6;;;;;/h2-5H;3-6H,1H3;3-6H,1H3;2-5H;4*1,3H;2*2-5H;;;;;/q10*-1;5*+1. The third-order valence-corrected chi connectivity index (χ3v) is 14.4. The van der Waals surface area contributed by atoms with Crippen molar-refractivity contribution in [2.24, 2.45) is 0 Å². The van der Waals surface area contributed by atoms with Crippen LogP contribution in [0.4, 0.5) is 52.7 Å². The van der Waals surface area contributed by atoms with E-state index >= 15 is 0 Å². The van der Waals surface area contributed by atoms with E-state index in [1.165, 1.54) is 5.56 Å². The summed E-state index contributed by atoms with van der Waals surface area (Å²) >= 11 is 45.4. The Labute approximate surface area is 842 Å². The molecule has 0 atom stereocenters. The Morgan fingerprint density at radius 3 is 0.798 bits per heavy atom. The van der Waals surface area contributed by atoms with Crippen LogP contribution in [0.15, 0.2) is 212 Å². The molecule has 0 saturated heterocycles. The normalized spacial score (nSPS) is 9.82. The number of ether oxygens (including phenoxy) is 1. The van der Waals surface area contributed by atoms with Crippen LogP contribution in [0, 0.1) is 68.1 Å². The van der Waals surface area contributed by atoms with E-state index in [-0.39, 0.29) is 278 Å². The Bertz CT molecular complexity index is 3480. The van der Waals surface area contributed by atoms with E-state index in [0.29, 0.717) is 0 Å². The van der Waals surface area contributed by atoms with Gasteiger partial charge in [0.25, 0.3) is 0 Å². The average molecular weight is 1870 g/mol. The number of aromatic nitrogens is 6. The molecule has 5 aromatic heterocycles. The van der Waals surface area contributed by atoms with Gasteiger partial charge in [-0.15, -0.1) is 142 Å². The molecule has 0 saturated carbocycles. The monoisotopic (exact) mass is 1870 g/mol. The Kier molecular flexibility index (Phi) is 64.8. The molecule has 7 nitrogen and oxygen atoms in total. The van der Waals surface area contributed by atoms with Gasteiger partial charge in [0.05, 0.1) is 11.6 Å². The second-order valence-corrected chi connectivity index (χ2v) is 22.1. The third-order valence-electron chi connectivity index (χ3n) is 9.50. The van der Waals surface area contributed by atoms with Crippen molar-refractivity contribution in [1.82, 2.24) is 29.7 Å².